The van der Waals surface area contributed by atoms with E-state index >= 15 is 0 Å². The smallest absolute Gasteiger partial charge is 0.279 e. The molecule has 148 valence electrons. The zero-order valence-electron chi connectivity index (χ0n) is 16.5. The van der Waals surface area contributed by atoms with E-state index in [9.17, 15) is 13.2 Å². The number of aryl methyl sites for hydroxylation is 2. The van der Waals surface area contributed by atoms with Crippen molar-refractivity contribution < 1.29 is 13.2 Å². The summed E-state index contributed by atoms with van der Waals surface area (Å²) in [6.45, 7) is 8.08. The molecule has 0 unspecified atom stereocenters. The lowest BCUT2D eigenvalue weighted by atomic mass is 10.1. The average Bonchev–Trinajstić information content (AvgIpc) is 3.04. The SMILES string of the molecule is CCc1cccc2sc(=NC(=O)c3cccc(S(=O)(=O)C(C)C)c3)n(CC)c12. The predicted octanol–water partition coefficient (Wildman–Crippen LogP) is 4.21. The van der Waals surface area contributed by atoms with Crippen LogP contribution in [0.5, 0.6) is 0 Å². The highest BCUT2D eigenvalue weighted by Gasteiger charge is 2.20. The van der Waals surface area contributed by atoms with Gasteiger partial charge in [0.2, 0.25) is 0 Å². The molecule has 1 aromatic heterocycles. The topological polar surface area (TPSA) is 68.5 Å². The van der Waals surface area contributed by atoms with Crippen molar-refractivity contribution in [3.05, 3.63) is 58.4 Å². The fourth-order valence-corrected chi connectivity index (χ4v) is 5.34. The summed E-state index contributed by atoms with van der Waals surface area (Å²) in [5.74, 6) is -0.437. The van der Waals surface area contributed by atoms with Crippen molar-refractivity contribution in [2.45, 2.75) is 50.8 Å². The molecule has 7 heteroatoms. The molecule has 0 spiro atoms. The number of thiazole rings is 1. The Hall–Kier alpha value is -2.25. The van der Waals surface area contributed by atoms with Crippen LogP contribution in [0.3, 0.4) is 0 Å². The molecule has 0 aliphatic rings. The van der Waals surface area contributed by atoms with Crippen molar-refractivity contribution in [1.82, 2.24) is 4.57 Å². The lowest BCUT2D eigenvalue weighted by Gasteiger charge is -2.08. The van der Waals surface area contributed by atoms with Crippen molar-refractivity contribution >= 4 is 37.3 Å². The van der Waals surface area contributed by atoms with E-state index in [1.165, 1.54) is 29.0 Å². The Kier molecular flexibility index (Phi) is 5.86. The molecule has 0 atom stereocenters. The molecule has 3 aromatic rings. The molecule has 1 heterocycles. The van der Waals surface area contributed by atoms with Crippen LogP contribution in [0, 0.1) is 0 Å². The minimum atomic E-state index is -3.44. The van der Waals surface area contributed by atoms with Gasteiger partial charge in [-0.1, -0.05) is 36.5 Å². The molecular weight excluding hydrogens is 392 g/mol. The molecule has 0 radical (unpaired) electrons. The highest BCUT2D eigenvalue weighted by atomic mass is 32.2. The second kappa shape index (κ2) is 8.01. The highest BCUT2D eigenvalue weighted by Crippen LogP contribution is 2.22. The van der Waals surface area contributed by atoms with Crippen molar-refractivity contribution in [3.63, 3.8) is 0 Å². The van der Waals surface area contributed by atoms with Gasteiger partial charge in [0.15, 0.2) is 14.6 Å². The number of hydrogen-bond donors (Lipinski definition) is 0. The van der Waals surface area contributed by atoms with Crippen LogP contribution in [0.4, 0.5) is 0 Å². The van der Waals surface area contributed by atoms with E-state index in [4.69, 9.17) is 0 Å². The lowest BCUT2D eigenvalue weighted by Crippen LogP contribution is -2.17. The van der Waals surface area contributed by atoms with Gasteiger partial charge in [0, 0.05) is 12.1 Å². The number of aromatic nitrogens is 1. The van der Waals surface area contributed by atoms with E-state index < -0.39 is 21.0 Å². The van der Waals surface area contributed by atoms with Gasteiger partial charge < -0.3 is 4.57 Å². The van der Waals surface area contributed by atoms with Gasteiger partial charge in [-0.2, -0.15) is 4.99 Å². The van der Waals surface area contributed by atoms with Gasteiger partial charge in [0.05, 0.1) is 20.4 Å². The van der Waals surface area contributed by atoms with Crippen LogP contribution in [0.25, 0.3) is 10.2 Å². The average molecular weight is 417 g/mol. The van der Waals surface area contributed by atoms with E-state index in [0.29, 0.717) is 11.3 Å². The molecule has 0 saturated carbocycles. The second-order valence-corrected chi connectivity index (χ2v) is 10.3. The number of carbonyl (C=O) groups excluding carboxylic acids is 1. The Bertz CT molecular complexity index is 1200. The van der Waals surface area contributed by atoms with E-state index in [0.717, 1.165) is 16.6 Å². The van der Waals surface area contributed by atoms with E-state index in [1.807, 2.05) is 23.6 Å². The third-order valence-electron chi connectivity index (χ3n) is 4.71. The standard InChI is InChI=1S/C21H24N2O3S2/c1-5-15-9-8-12-18-19(15)23(6-2)21(27-18)22-20(24)16-10-7-11-17(13-16)28(25,26)14(3)4/h7-14H,5-6H2,1-4H3. The van der Waals surface area contributed by atoms with Gasteiger partial charge in [-0.15, -0.1) is 0 Å². The fraction of sp³-hybridized carbons (Fsp3) is 0.333. The number of benzene rings is 2. The van der Waals surface area contributed by atoms with Crippen LogP contribution >= 0.6 is 11.3 Å². The van der Waals surface area contributed by atoms with Gasteiger partial charge >= 0.3 is 0 Å². The van der Waals surface area contributed by atoms with Crippen LogP contribution in [0.2, 0.25) is 0 Å². The molecule has 3 rings (SSSR count). The summed E-state index contributed by atoms with van der Waals surface area (Å²) in [6, 6.07) is 12.3. The van der Waals surface area contributed by atoms with Crippen molar-refractivity contribution in [2.24, 2.45) is 4.99 Å². The monoisotopic (exact) mass is 416 g/mol. The number of para-hydroxylation sites is 1. The van der Waals surface area contributed by atoms with Crippen LogP contribution in [-0.2, 0) is 22.8 Å². The molecule has 0 aliphatic heterocycles. The maximum atomic E-state index is 12.8. The fourth-order valence-electron chi connectivity index (χ4n) is 3.10. The molecule has 0 aliphatic carbocycles. The number of carbonyl (C=O) groups is 1. The first kappa shape index (κ1) is 20.5. The Morgan fingerprint density at radius 3 is 2.50 bits per heavy atom. The van der Waals surface area contributed by atoms with Crippen LogP contribution in [0.15, 0.2) is 52.4 Å². The number of nitrogens with zero attached hydrogens (tertiary/aromatic N) is 2. The van der Waals surface area contributed by atoms with E-state index in [-0.39, 0.29) is 10.5 Å². The Labute approximate surface area is 169 Å². The van der Waals surface area contributed by atoms with Gasteiger partial charge in [-0.25, -0.2) is 8.42 Å². The number of sulfone groups is 1. The molecule has 0 fully saturated rings. The quantitative estimate of drug-likeness (QED) is 0.626. The summed E-state index contributed by atoms with van der Waals surface area (Å²) in [4.78, 5) is 17.9. The summed E-state index contributed by atoms with van der Waals surface area (Å²) < 4.78 is 28.0. The summed E-state index contributed by atoms with van der Waals surface area (Å²) in [5.41, 5.74) is 2.60. The summed E-state index contributed by atoms with van der Waals surface area (Å²) in [7, 11) is -3.44. The van der Waals surface area contributed by atoms with Gasteiger partial charge in [-0.3, -0.25) is 4.79 Å². The predicted molar refractivity (Wildman–Crippen MR) is 114 cm³/mol. The number of fused-ring (bicyclic) bond motifs is 1. The first-order valence-corrected chi connectivity index (χ1v) is 11.7. The summed E-state index contributed by atoms with van der Waals surface area (Å²) >= 11 is 1.47. The third kappa shape index (κ3) is 3.69. The lowest BCUT2D eigenvalue weighted by molar-refractivity contribution is 0.0997. The van der Waals surface area contributed by atoms with Crippen LogP contribution in [-0.4, -0.2) is 24.1 Å². The van der Waals surface area contributed by atoms with Crippen molar-refractivity contribution in [3.8, 4) is 0 Å². The molecular formula is C21H24N2O3S2. The molecule has 5 nitrogen and oxygen atoms in total. The minimum Gasteiger partial charge on any atom is -0.316 e. The normalized spacial score (nSPS) is 12.8. The number of hydrogen-bond acceptors (Lipinski definition) is 4. The summed E-state index contributed by atoms with van der Waals surface area (Å²) in [5, 5.41) is -0.549. The molecule has 2 aromatic carbocycles. The maximum Gasteiger partial charge on any atom is 0.279 e. The van der Waals surface area contributed by atoms with E-state index in [1.54, 1.807) is 26.0 Å². The third-order valence-corrected chi connectivity index (χ3v) is 7.90. The molecule has 0 saturated heterocycles. The van der Waals surface area contributed by atoms with Gasteiger partial charge in [-0.05, 0) is 57.0 Å². The number of amides is 1. The molecule has 1 amide bonds. The Morgan fingerprint density at radius 2 is 1.86 bits per heavy atom. The molecule has 0 N–H and O–H groups in total. The largest absolute Gasteiger partial charge is 0.316 e. The van der Waals surface area contributed by atoms with Gasteiger partial charge in [0.25, 0.3) is 5.91 Å². The first-order valence-electron chi connectivity index (χ1n) is 9.33. The van der Waals surface area contributed by atoms with Gasteiger partial charge in [0.1, 0.15) is 0 Å². The zero-order chi connectivity index (χ0) is 20.5. The van der Waals surface area contributed by atoms with Crippen LogP contribution in [0.1, 0.15) is 43.6 Å². The zero-order valence-corrected chi connectivity index (χ0v) is 18.1. The molecule has 28 heavy (non-hydrogen) atoms. The van der Waals surface area contributed by atoms with Crippen molar-refractivity contribution in [1.29, 1.82) is 0 Å². The molecule has 0 bridgehead atoms. The van der Waals surface area contributed by atoms with Crippen molar-refractivity contribution in [2.75, 3.05) is 0 Å². The highest BCUT2D eigenvalue weighted by molar-refractivity contribution is 7.92. The van der Waals surface area contributed by atoms with E-state index in [2.05, 4.69) is 18.0 Å². The van der Waals surface area contributed by atoms with Crippen LogP contribution < -0.4 is 4.80 Å². The Morgan fingerprint density at radius 1 is 1.14 bits per heavy atom. The summed E-state index contributed by atoms with van der Waals surface area (Å²) in [6.07, 6.45) is 0.899. The first-order chi connectivity index (χ1) is 13.3. The minimum absolute atomic E-state index is 0.150. The Balaban J connectivity index is 2.12. The maximum absolute atomic E-state index is 12.8. The second-order valence-electron chi connectivity index (χ2n) is 6.78. The number of rotatable bonds is 5.